The molecule has 0 bridgehead atoms. The van der Waals surface area contributed by atoms with Gasteiger partial charge in [0.25, 0.3) is 0 Å². The second-order valence-electron chi connectivity index (χ2n) is 4.30. The lowest BCUT2D eigenvalue weighted by Gasteiger charge is -1.93. The van der Waals surface area contributed by atoms with Gasteiger partial charge in [0.15, 0.2) is 0 Å². The number of rotatable bonds is 2. The summed E-state index contributed by atoms with van der Waals surface area (Å²) in [6, 6.07) is 18.7. The molecule has 0 saturated heterocycles. The molecule has 0 aliphatic rings. The maximum absolute atomic E-state index is 4.55. The van der Waals surface area contributed by atoms with Gasteiger partial charge in [-0.15, -0.1) is 8.19 Å². The number of fused-ring (bicyclic) bond motifs is 1. The molecule has 18 heavy (non-hydrogen) atoms. The molecule has 0 fully saturated rings. The molecule has 2 heteroatoms. The van der Waals surface area contributed by atoms with Gasteiger partial charge in [0, 0.05) is 11.5 Å². The van der Waals surface area contributed by atoms with Crippen molar-refractivity contribution in [3.8, 4) is 0 Å². The van der Waals surface area contributed by atoms with Gasteiger partial charge in [-0.1, -0.05) is 42.5 Å². The summed E-state index contributed by atoms with van der Waals surface area (Å²) >= 11 is 0. The summed E-state index contributed by atoms with van der Waals surface area (Å²) in [6.45, 7) is 2.21. The molecular weight excluding hydrogens is 237 g/mol. The second-order valence-corrected chi connectivity index (χ2v) is 5.84. The van der Waals surface area contributed by atoms with Crippen LogP contribution < -0.4 is 0 Å². The maximum atomic E-state index is 4.55. The molecule has 0 radical (unpaired) electrons. The quantitative estimate of drug-likeness (QED) is 0.572. The Bertz CT molecular complexity index is 695. The van der Waals surface area contributed by atoms with Gasteiger partial charge in [-0.05, 0) is 35.1 Å². The van der Waals surface area contributed by atoms with E-state index in [1.54, 1.807) is 0 Å². The van der Waals surface area contributed by atoms with Gasteiger partial charge < -0.3 is 0 Å². The largest absolute Gasteiger partial charge is 0.256 e. The summed E-state index contributed by atoms with van der Waals surface area (Å²) in [6.07, 6.45) is 2.02. The summed E-state index contributed by atoms with van der Waals surface area (Å²) < 4.78 is 0. The van der Waals surface area contributed by atoms with Crippen LogP contribution in [0.3, 0.4) is 0 Å². The van der Waals surface area contributed by atoms with Crippen LogP contribution in [0.4, 0.5) is 5.69 Å². The number of hydrogen-bond donors (Lipinski definition) is 0. The highest BCUT2D eigenvalue weighted by Crippen LogP contribution is 2.33. The van der Waals surface area contributed by atoms with Crippen molar-refractivity contribution in [2.45, 2.75) is 6.92 Å². The topological polar surface area (TPSA) is 12.4 Å². The van der Waals surface area contributed by atoms with Gasteiger partial charge in [-0.3, -0.25) is 4.99 Å². The lowest BCUT2D eigenvalue weighted by atomic mass is 10.1. The van der Waals surface area contributed by atoms with Gasteiger partial charge in [-0.2, -0.15) is 0 Å². The third-order valence-electron chi connectivity index (χ3n) is 3.04. The second kappa shape index (κ2) is 4.80. The fourth-order valence-corrected chi connectivity index (χ4v) is 3.38. The lowest BCUT2D eigenvalue weighted by molar-refractivity contribution is 1.54. The molecule has 0 N–H and O–H groups in total. The average molecular weight is 251 g/mol. The zero-order valence-corrected chi connectivity index (χ0v) is 11.2. The fraction of sp³-hybridized carbons (Fsp3) is 0.0625. The van der Waals surface area contributed by atoms with Crippen LogP contribution in [0, 0.1) is 6.92 Å². The monoisotopic (exact) mass is 251 g/mol. The minimum absolute atomic E-state index is 0.747. The van der Waals surface area contributed by atoms with E-state index in [4.69, 9.17) is 0 Å². The van der Waals surface area contributed by atoms with Gasteiger partial charge in [0.1, 0.15) is 0 Å². The van der Waals surface area contributed by atoms with Crippen LogP contribution in [0.25, 0.3) is 10.8 Å². The smallest absolute Gasteiger partial charge is 0.0630 e. The fourth-order valence-electron chi connectivity index (χ4n) is 2.14. The minimum atomic E-state index is 0.747. The van der Waals surface area contributed by atoms with Crippen molar-refractivity contribution in [1.82, 2.24) is 0 Å². The molecule has 1 atom stereocenters. The molecule has 0 aliphatic carbocycles. The minimum Gasteiger partial charge on any atom is -0.256 e. The molecule has 1 nitrogen and oxygen atoms in total. The van der Waals surface area contributed by atoms with E-state index < -0.39 is 0 Å². The van der Waals surface area contributed by atoms with E-state index in [2.05, 4.69) is 36.2 Å². The first-order valence-electron chi connectivity index (χ1n) is 6.01. The van der Waals surface area contributed by atoms with E-state index >= 15 is 0 Å². The molecule has 88 valence electrons. The Morgan fingerprint density at radius 1 is 0.889 bits per heavy atom. The third-order valence-corrected chi connectivity index (χ3v) is 4.35. The Morgan fingerprint density at radius 2 is 1.56 bits per heavy atom. The molecule has 0 aliphatic heterocycles. The van der Waals surface area contributed by atoms with E-state index in [-0.39, 0.29) is 0 Å². The molecule has 1 unspecified atom stereocenters. The summed E-state index contributed by atoms with van der Waals surface area (Å²) in [7, 11) is 0.747. The van der Waals surface area contributed by atoms with Gasteiger partial charge in [0.05, 0.1) is 5.69 Å². The van der Waals surface area contributed by atoms with Crippen molar-refractivity contribution in [2.24, 2.45) is 4.99 Å². The summed E-state index contributed by atoms with van der Waals surface area (Å²) in [5.74, 6) is 0. The number of para-hydroxylation sites is 1. The molecule has 3 aromatic rings. The number of aryl methyl sites for hydroxylation is 1. The van der Waals surface area contributed by atoms with Gasteiger partial charge in [0.2, 0.25) is 0 Å². The van der Waals surface area contributed by atoms with Crippen LogP contribution in [-0.2, 0) is 0 Å². The molecule has 0 saturated carbocycles. The van der Waals surface area contributed by atoms with E-state index in [9.17, 15) is 0 Å². The summed E-state index contributed by atoms with van der Waals surface area (Å²) in [4.78, 5) is 4.55. The average Bonchev–Trinajstić information content (AvgIpc) is 2.75. The number of benzene rings is 2. The highest BCUT2D eigenvalue weighted by Gasteiger charge is 2.03. The number of nitrogens with zero attached hydrogens (tertiary/aromatic N) is 1. The molecule has 1 heterocycles. The first-order chi connectivity index (χ1) is 8.84. The van der Waals surface area contributed by atoms with Crippen molar-refractivity contribution < 1.29 is 0 Å². The predicted molar refractivity (Wildman–Crippen MR) is 81.9 cm³/mol. The standard InChI is InChI=1S/C16H14NP/c1-12-14-9-5-6-10-15(14)16(18-12)11-17-13-7-3-2-4-8-13/h2-11,18H,1H3. The van der Waals surface area contributed by atoms with Crippen LogP contribution in [0.5, 0.6) is 0 Å². The Balaban J connectivity index is 2.03. The molecule has 0 spiro atoms. The van der Waals surface area contributed by atoms with Gasteiger partial charge in [-0.25, -0.2) is 0 Å². The van der Waals surface area contributed by atoms with Crippen LogP contribution in [-0.4, -0.2) is 6.21 Å². The van der Waals surface area contributed by atoms with Gasteiger partial charge >= 0.3 is 0 Å². The molecule has 0 amide bonds. The number of hydrogen-bond acceptors (Lipinski definition) is 1. The van der Waals surface area contributed by atoms with Crippen molar-refractivity contribution in [3.05, 3.63) is 65.2 Å². The first kappa shape index (κ1) is 11.3. The van der Waals surface area contributed by atoms with E-state index in [1.807, 2.05) is 36.5 Å². The van der Waals surface area contributed by atoms with Crippen LogP contribution in [0.2, 0.25) is 0 Å². The highest BCUT2D eigenvalue weighted by molar-refractivity contribution is 7.34. The molecular formula is C16H14NP. The maximum Gasteiger partial charge on any atom is 0.0630 e. The van der Waals surface area contributed by atoms with Crippen LogP contribution >= 0.6 is 8.19 Å². The molecule has 1 aromatic heterocycles. The van der Waals surface area contributed by atoms with Crippen molar-refractivity contribution >= 4 is 30.9 Å². The Kier molecular flexibility index (Phi) is 3.00. The SMILES string of the molecule is Cc1[pH]c(C=Nc2ccccc2)c2ccccc12. The summed E-state index contributed by atoms with van der Waals surface area (Å²) in [5, 5.41) is 5.52. The zero-order chi connectivity index (χ0) is 12.4. The Labute approximate surface area is 108 Å². The van der Waals surface area contributed by atoms with E-state index in [0.29, 0.717) is 0 Å². The predicted octanol–water partition coefficient (Wildman–Crippen LogP) is 4.93. The highest BCUT2D eigenvalue weighted by atomic mass is 31.0. The third kappa shape index (κ3) is 2.10. The van der Waals surface area contributed by atoms with E-state index in [0.717, 1.165) is 13.9 Å². The lowest BCUT2D eigenvalue weighted by Crippen LogP contribution is -1.74. The van der Waals surface area contributed by atoms with Crippen molar-refractivity contribution in [2.75, 3.05) is 0 Å². The Hall–Kier alpha value is -1.85. The normalized spacial score (nSPS) is 11.8. The first-order valence-corrected chi connectivity index (χ1v) is 7.01. The summed E-state index contributed by atoms with van der Waals surface area (Å²) in [5.41, 5.74) is 1.01. The number of aliphatic imine (C=N–C) groups is 1. The van der Waals surface area contributed by atoms with Crippen LogP contribution in [0.1, 0.15) is 10.6 Å². The van der Waals surface area contributed by atoms with Crippen molar-refractivity contribution in [3.63, 3.8) is 0 Å². The van der Waals surface area contributed by atoms with Crippen LogP contribution in [0.15, 0.2) is 59.6 Å². The van der Waals surface area contributed by atoms with Crippen molar-refractivity contribution in [1.29, 1.82) is 0 Å². The van der Waals surface area contributed by atoms with E-state index in [1.165, 1.54) is 21.4 Å². The Morgan fingerprint density at radius 3 is 2.33 bits per heavy atom. The molecule has 2 aromatic carbocycles. The zero-order valence-electron chi connectivity index (χ0n) is 10.2. The molecule has 3 rings (SSSR count).